The van der Waals surface area contributed by atoms with Gasteiger partial charge in [-0.05, 0) is 36.8 Å². The molecule has 0 atom stereocenters. The van der Waals surface area contributed by atoms with Gasteiger partial charge >= 0.3 is 0 Å². The zero-order valence-corrected chi connectivity index (χ0v) is 20.0. The van der Waals surface area contributed by atoms with Crippen LogP contribution in [-0.4, -0.2) is 50.1 Å². The molecule has 2 aromatic rings. The summed E-state index contributed by atoms with van der Waals surface area (Å²) in [7, 11) is 0. The number of piperidine rings is 1. The lowest BCUT2D eigenvalue weighted by molar-refractivity contribution is -0.133. The number of fused-ring (bicyclic) bond motifs is 1. The van der Waals surface area contributed by atoms with Gasteiger partial charge in [-0.15, -0.1) is 0 Å². The van der Waals surface area contributed by atoms with E-state index in [0.29, 0.717) is 34.2 Å². The summed E-state index contributed by atoms with van der Waals surface area (Å²) in [5, 5.41) is 1.04. The minimum Gasteiger partial charge on any atom is -0.341 e. The molecular weight excluding hydrogens is 426 g/mol. The van der Waals surface area contributed by atoms with Crippen LogP contribution >= 0.6 is 24.0 Å². The number of hydrogen-bond donors (Lipinski definition) is 0. The number of aromatic nitrogens is 1. The Bertz CT molecular complexity index is 1050. The summed E-state index contributed by atoms with van der Waals surface area (Å²) < 4.78 is 2.62. The third-order valence-corrected chi connectivity index (χ3v) is 7.35. The summed E-state index contributed by atoms with van der Waals surface area (Å²) in [5.41, 5.74) is 1.95. The Kier molecular flexibility index (Phi) is 6.53. The molecule has 2 fully saturated rings. The van der Waals surface area contributed by atoms with Crippen molar-refractivity contribution in [1.82, 2.24) is 14.4 Å². The molecule has 164 valence electrons. The fraction of sp³-hybridized carbons (Fsp3) is 0.458. The molecule has 0 N–H and O–H groups in total. The molecule has 3 heterocycles. The van der Waals surface area contributed by atoms with Gasteiger partial charge in [0.2, 0.25) is 5.91 Å². The first kappa shape index (κ1) is 22.1. The van der Waals surface area contributed by atoms with Crippen molar-refractivity contribution in [2.24, 2.45) is 11.8 Å². The molecule has 1 aromatic carbocycles. The Labute approximate surface area is 193 Å². The average Bonchev–Trinajstić information content (AvgIpc) is 3.20. The van der Waals surface area contributed by atoms with Crippen LogP contribution in [0.25, 0.3) is 17.0 Å². The smallest absolute Gasteiger partial charge is 0.266 e. The molecule has 0 aliphatic carbocycles. The predicted octanol–water partition coefficient (Wildman–Crippen LogP) is 4.76. The van der Waals surface area contributed by atoms with E-state index in [9.17, 15) is 9.59 Å². The van der Waals surface area contributed by atoms with E-state index in [1.54, 1.807) is 4.90 Å². The van der Waals surface area contributed by atoms with Crippen LogP contribution in [0.5, 0.6) is 0 Å². The summed E-state index contributed by atoms with van der Waals surface area (Å²) in [6.07, 6.45) is 6.05. The number of rotatable bonds is 5. The highest BCUT2D eigenvalue weighted by molar-refractivity contribution is 8.26. The van der Waals surface area contributed by atoms with Crippen LogP contribution in [0, 0.1) is 11.8 Å². The van der Waals surface area contributed by atoms with Crippen molar-refractivity contribution in [2.45, 2.75) is 40.2 Å². The molecule has 0 saturated carbocycles. The van der Waals surface area contributed by atoms with Gasteiger partial charge in [-0.1, -0.05) is 63.0 Å². The van der Waals surface area contributed by atoms with Crippen molar-refractivity contribution in [2.75, 3.05) is 19.6 Å². The second-order valence-electron chi connectivity index (χ2n) is 8.98. The molecule has 7 heteroatoms. The third kappa shape index (κ3) is 4.72. The van der Waals surface area contributed by atoms with Gasteiger partial charge in [-0.3, -0.25) is 14.5 Å². The van der Waals surface area contributed by atoms with Crippen LogP contribution in [0.4, 0.5) is 0 Å². The van der Waals surface area contributed by atoms with Gasteiger partial charge in [0.05, 0.1) is 4.91 Å². The van der Waals surface area contributed by atoms with Crippen LogP contribution in [-0.2, 0) is 16.1 Å². The molecule has 31 heavy (non-hydrogen) atoms. The van der Waals surface area contributed by atoms with Crippen molar-refractivity contribution in [1.29, 1.82) is 0 Å². The van der Waals surface area contributed by atoms with Gasteiger partial charge in [-0.25, -0.2) is 0 Å². The fourth-order valence-corrected chi connectivity index (χ4v) is 5.45. The van der Waals surface area contributed by atoms with Gasteiger partial charge < -0.3 is 9.47 Å². The number of hydrogen-bond acceptors (Lipinski definition) is 4. The Hall–Kier alpha value is -2.12. The highest BCUT2D eigenvalue weighted by Crippen LogP contribution is 2.34. The Morgan fingerprint density at radius 3 is 2.68 bits per heavy atom. The molecule has 0 unspecified atom stereocenters. The van der Waals surface area contributed by atoms with E-state index >= 15 is 0 Å². The first-order chi connectivity index (χ1) is 14.8. The summed E-state index contributed by atoms with van der Waals surface area (Å²) >= 11 is 6.80. The number of carbonyl (C=O) groups is 2. The number of carbonyl (C=O) groups excluding carboxylic acids is 2. The second kappa shape index (κ2) is 9.17. The molecule has 2 aliphatic heterocycles. The zero-order chi connectivity index (χ0) is 22.1. The van der Waals surface area contributed by atoms with Gasteiger partial charge in [0.15, 0.2) is 0 Å². The summed E-state index contributed by atoms with van der Waals surface area (Å²) in [5.74, 6) is 1.17. The molecule has 2 aliphatic rings. The van der Waals surface area contributed by atoms with Crippen molar-refractivity contribution in [3.05, 3.63) is 40.9 Å². The molecule has 4 rings (SSSR count). The Morgan fingerprint density at radius 2 is 1.97 bits per heavy atom. The number of amides is 2. The van der Waals surface area contributed by atoms with Crippen LogP contribution in [0.1, 0.15) is 39.2 Å². The first-order valence-corrected chi connectivity index (χ1v) is 12.2. The molecule has 2 saturated heterocycles. The maximum atomic E-state index is 12.9. The lowest BCUT2D eigenvalue weighted by Crippen LogP contribution is -2.39. The summed E-state index contributed by atoms with van der Waals surface area (Å²) in [6, 6.07) is 8.04. The number of nitrogens with zero attached hydrogens (tertiary/aromatic N) is 3. The minimum absolute atomic E-state index is 0.0287. The van der Waals surface area contributed by atoms with E-state index in [0.717, 1.165) is 42.4 Å². The van der Waals surface area contributed by atoms with Crippen molar-refractivity contribution in [3.8, 4) is 0 Å². The summed E-state index contributed by atoms with van der Waals surface area (Å²) in [4.78, 5) is 30.1. The van der Waals surface area contributed by atoms with Gasteiger partial charge in [0.25, 0.3) is 5.91 Å². The molecular formula is C24H29N3O2S2. The van der Waals surface area contributed by atoms with E-state index < -0.39 is 0 Å². The highest BCUT2D eigenvalue weighted by Gasteiger charge is 2.32. The maximum absolute atomic E-state index is 12.9. The number of thiocarbonyl (C=S) groups is 1. The first-order valence-electron chi connectivity index (χ1n) is 10.9. The largest absolute Gasteiger partial charge is 0.341 e. The van der Waals surface area contributed by atoms with Crippen molar-refractivity contribution in [3.63, 3.8) is 0 Å². The van der Waals surface area contributed by atoms with Crippen LogP contribution in [0.2, 0.25) is 0 Å². The van der Waals surface area contributed by atoms with E-state index in [1.807, 2.05) is 46.0 Å². The molecule has 5 nitrogen and oxygen atoms in total. The predicted molar refractivity (Wildman–Crippen MR) is 132 cm³/mol. The maximum Gasteiger partial charge on any atom is 0.266 e. The molecule has 1 aromatic heterocycles. The van der Waals surface area contributed by atoms with Crippen molar-refractivity contribution < 1.29 is 9.59 Å². The molecule has 2 amide bonds. The number of para-hydroxylation sites is 1. The van der Waals surface area contributed by atoms with E-state index in [4.69, 9.17) is 12.2 Å². The van der Waals surface area contributed by atoms with Gasteiger partial charge in [0.1, 0.15) is 10.9 Å². The minimum atomic E-state index is -0.0287. The summed E-state index contributed by atoms with van der Waals surface area (Å²) in [6.45, 7) is 9.03. The second-order valence-corrected chi connectivity index (χ2v) is 10.7. The monoisotopic (exact) mass is 455 g/mol. The van der Waals surface area contributed by atoms with Gasteiger partial charge in [-0.2, -0.15) is 0 Å². The Morgan fingerprint density at radius 1 is 1.26 bits per heavy atom. The van der Waals surface area contributed by atoms with Crippen LogP contribution in [0.3, 0.4) is 0 Å². The third-order valence-electron chi connectivity index (χ3n) is 5.97. The average molecular weight is 456 g/mol. The van der Waals surface area contributed by atoms with Crippen LogP contribution < -0.4 is 0 Å². The number of thioether (sulfide) groups is 1. The highest BCUT2D eigenvalue weighted by atomic mass is 32.2. The SMILES string of the molecule is CC(C)CN1C(=O)/C(=C/c2cn(CC(=O)N3CCC(C)CC3)c3ccccc23)SC1=S. The Balaban J connectivity index is 1.60. The van der Waals surface area contributed by atoms with Crippen molar-refractivity contribution >= 4 is 57.1 Å². The van der Waals surface area contributed by atoms with Gasteiger partial charge in [0, 0.05) is 42.3 Å². The normalized spacial score (nSPS) is 19.4. The quantitative estimate of drug-likeness (QED) is 0.482. The lowest BCUT2D eigenvalue weighted by atomic mass is 9.99. The van der Waals surface area contributed by atoms with Crippen LogP contribution in [0.15, 0.2) is 35.4 Å². The molecule has 0 radical (unpaired) electrons. The lowest BCUT2D eigenvalue weighted by Gasteiger charge is -2.30. The van der Waals surface area contributed by atoms with E-state index in [-0.39, 0.29) is 11.8 Å². The van der Waals surface area contributed by atoms with E-state index in [2.05, 4.69) is 20.8 Å². The van der Waals surface area contributed by atoms with E-state index in [1.165, 1.54) is 11.8 Å². The number of benzene rings is 1. The number of likely N-dealkylation sites (tertiary alicyclic amines) is 1. The standard InChI is InChI=1S/C24H29N3O2S2/c1-16(2)13-27-23(29)21(31-24(27)30)12-18-14-26(20-7-5-4-6-19(18)20)15-22(28)25-10-8-17(3)9-11-25/h4-7,12,14,16-17H,8-11,13,15H2,1-3H3/b21-12-. The molecule has 0 spiro atoms. The topological polar surface area (TPSA) is 45.6 Å². The fourth-order valence-electron chi connectivity index (χ4n) is 4.19. The molecule has 0 bridgehead atoms. The zero-order valence-electron chi connectivity index (χ0n) is 18.3.